The summed E-state index contributed by atoms with van der Waals surface area (Å²) in [7, 11) is -3.54. The molecule has 0 saturated carbocycles. The van der Waals surface area contributed by atoms with Crippen LogP contribution in [0.3, 0.4) is 0 Å². The molecule has 102 valence electrons. The lowest BCUT2D eigenvalue weighted by atomic mass is 10.2. The number of nitriles is 1. The van der Waals surface area contributed by atoms with Crippen molar-refractivity contribution in [2.24, 2.45) is 5.14 Å². The predicted octanol–water partition coefficient (Wildman–Crippen LogP) is 0.557. The smallest absolute Gasteiger partial charge is 0.292 e. The first-order chi connectivity index (χ1) is 8.83. The summed E-state index contributed by atoms with van der Waals surface area (Å²) in [6, 6.07) is 5.78. The molecule has 3 N–H and O–H groups in total. The average Bonchev–Trinajstić information content (AvgIpc) is 2.33. The highest BCUT2D eigenvalue weighted by molar-refractivity contribution is 7.89. The molecule has 1 aromatic rings. The minimum absolute atomic E-state index is 0.172. The Hall–Kier alpha value is -2.18. The van der Waals surface area contributed by atoms with Crippen LogP contribution in [0, 0.1) is 21.4 Å². The zero-order valence-electron chi connectivity index (χ0n) is 9.87. The van der Waals surface area contributed by atoms with E-state index in [2.05, 4.69) is 5.32 Å². The molecule has 1 aromatic carbocycles. The second-order valence-electron chi connectivity index (χ2n) is 3.75. The van der Waals surface area contributed by atoms with E-state index in [-0.39, 0.29) is 35.7 Å². The van der Waals surface area contributed by atoms with Crippen molar-refractivity contribution in [1.82, 2.24) is 0 Å². The van der Waals surface area contributed by atoms with Gasteiger partial charge < -0.3 is 5.32 Å². The Balaban J connectivity index is 2.76. The van der Waals surface area contributed by atoms with Crippen molar-refractivity contribution in [3.8, 4) is 6.07 Å². The molecule has 0 amide bonds. The maximum atomic E-state index is 10.8. The quantitative estimate of drug-likeness (QED) is 0.444. The monoisotopic (exact) mass is 284 g/mol. The van der Waals surface area contributed by atoms with E-state index in [1.165, 1.54) is 18.2 Å². The Morgan fingerprint density at radius 1 is 1.47 bits per heavy atom. The lowest BCUT2D eigenvalue weighted by Crippen LogP contribution is -2.18. The largest absolute Gasteiger partial charge is 0.379 e. The number of nitro groups is 1. The average molecular weight is 284 g/mol. The van der Waals surface area contributed by atoms with Crippen LogP contribution < -0.4 is 10.5 Å². The topological polar surface area (TPSA) is 139 Å². The van der Waals surface area contributed by atoms with Crippen LogP contribution in [0.25, 0.3) is 0 Å². The number of hydrogen-bond acceptors (Lipinski definition) is 6. The Morgan fingerprint density at radius 2 is 2.16 bits per heavy atom. The van der Waals surface area contributed by atoms with Gasteiger partial charge in [0, 0.05) is 12.6 Å². The summed E-state index contributed by atoms with van der Waals surface area (Å²) in [5, 5.41) is 27.1. The highest BCUT2D eigenvalue weighted by Crippen LogP contribution is 2.25. The van der Waals surface area contributed by atoms with Crippen LogP contribution in [0.4, 0.5) is 11.4 Å². The van der Waals surface area contributed by atoms with Gasteiger partial charge in [0.15, 0.2) is 0 Å². The van der Waals surface area contributed by atoms with Gasteiger partial charge in [0.1, 0.15) is 5.69 Å². The number of primary sulfonamides is 1. The van der Waals surface area contributed by atoms with E-state index >= 15 is 0 Å². The minimum Gasteiger partial charge on any atom is -0.379 e. The standard InChI is InChI=1S/C10H12N4O4S/c11-7-8-2-3-10(14(15)16)9(6-8)13-4-1-5-19(12,17)18/h2-3,6,13H,1,4-5H2,(H2,12,17,18). The molecule has 0 aromatic heterocycles. The number of nitrogens with one attached hydrogen (secondary N) is 1. The Bertz CT molecular complexity index is 621. The molecule has 9 heteroatoms. The first-order valence-corrected chi connectivity index (χ1v) is 6.98. The van der Waals surface area contributed by atoms with E-state index in [1.54, 1.807) is 0 Å². The van der Waals surface area contributed by atoms with E-state index in [9.17, 15) is 18.5 Å². The van der Waals surface area contributed by atoms with Crippen LogP contribution in [0.2, 0.25) is 0 Å². The molecule has 0 aliphatic carbocycles. The molecule has 19 heavy (non-hydrogen) atoms. The fourth-order valence-electron chi connectivity index (χ4n) is 1.40. The fraction of sp³-hybridized carbons (Fsp3) is 0.300. The second-order valence-corrected chi connectivity index (χ2v) is 5.48. The van der Waals surface area contributed by atoms with Gasteiger partial charge in [-0.25, -0.2) is 13.6 Å². The summed E-state index contributed by atoms with van der Waals surface area (Å²) in [4.78, 5) is 10.2. The molecule has 8 nitrogen and oxygen atoms in total. The molecule has 0 radical (unpaired) electrons. The zero-order chi connectivity index (χ0) is 14.5. The number of anilines is 1. The van der Waals surface area contributed by atoms with Crippen molar-refractivity contribution in [3.63, 3.8) is 0 Å². The Kier molecular flexibility index (Phi) is 4.80. The van der Waals surface area contributed by atoms with Crippen molar-refractivity contribution in [1.29, 1.82) is 5.26 Å². The van der Waals surface area contributed by atoms with Crippen molar-refractivity contribution >= 4 is 21.4 Å². The van der Waals surface area contributed by atoms with Crippen molar-refractivity contribution in [2.75, 3.05) is 17.6 Å². The van der Waals surface area contributed by atoms with E-state index in [1.807, 2.05) is 6.07 Å². The highest BCUT2D eigenvalue weighted by Gasteiger charge is 2.14. The maximum Gasteiger partial charge on any atom is 0.292 e. The van der Waals surface area contributed by atoms with Crippen LogP contribution >= 0.6 is 0 Å². The van der Waals surface area contributed by atoms with Crippen LogP contribution in [0.1, 0.15) is 12.0 Å². The molecule has 0 spiro atoms. The molecular formula is C10H12N4O4S. The van der Waals surface area contributed by atoms with Gasteiger partial charge in [-0.15, -0.1) is 0 Å². The highest BCUT2D eigenvalue weighted by atomic mass is 32.2. The predicted molar refractivity (Wildman–Crippen MR) is 68.9 cm³/mol. The summed E-state index contributed by atoms with van der Waals surface area (Å²) in [6.45, 7) is 0.201. The van der Waals surface area contributed by atoms with E-state index < -0.39 is 14.9 Å². The molecule has 0 saturated heterocycles. The normalized spacial score (nSPS) is 10.7. The number of benzene rings is 1. The zero-order valence-corrected chi connectivity index (χ0v) is 10.7. The molecule has 0 heterocycles. The summed E-state index contributed by atoms with van der Waals surface area (Å²) >= 11 is 0. The lowest BCUT2D eigenvalue weighted by Gasteiger charge is -2.06. The molecule has 0 bridgehead atoms. The minimum atomic E-state index is -3.54. The number of nitro benzene ring substituents is 1. The van der Waals surface area contributed by atoms with Crippen molar-refractivity contribution in [3.05, 3.63) is 33.9 Å². The van der Waals surface area contributed by atoms with Crippen molar-refractivity contribution in [2.45, 2.75) is 6.42 Å². The van der Waals surface area contributed by atoms with Gasteiger partial charge in [0.25, 0.3) is 5.69 Å². The van der Waals surface area contributed by atoms with Gasteiger partial charge in [-0.2, -0.15) is 5.26 Å². The third-order valence-electron chi connectivity index (χ3n) is 2.24. The van der Waals surface area contributed by atoms with Crippen LogP contribution in [0.5, 0.6) is 0 Å². The fourth-order valence-corrected chi connectivity index (χ4v) is 1.95. The van der Waals surface area contributed by atoms with Gasteiger partial charge in [-0.05, 0) is 18.6 Å². The van der Waals surface area contributed by atoms with Crippen LogP contribution in [-0.4, -0.2) is 25.6 Å². The number of rotatable bonds is 6. The lowest BCUT2D eigenvalue weighted by molar-refractivity contribution is -0.384. The van der Waals surface area contributed by atoms with Crippen LogP contribution in [-0.2, 0) is 10.0 Å². The number of sulfonamides is 1. The molecular weight excluding hydrogens is 272 g/mol. The number of nitrogens with two attached hydrogens (primary N) is 1. The summed E-state index contributed by atoms with van der Waals surface area (Å²) in [6.07, 6.45) is 0.215. The van der Waals surface area contributed by atoms with E-state index in [0.717, 1.165) is 0 Å². The van der Waals surface area contributed by atoms with E-state index in [4.69, 9.17) is 10.4 Å². The number of nitrogens with zero attached hydrogens (tertiary/aromatic N) is 2. The summed E-state index contributed by atoms with van der Waals surface area (Å²) in [5.41, 5.74) is 0.285. The molecule has 0 aliphatic heterocycles. The number of hydrogen-bond donors (Lipinski definition) is 2. The first kappa shape index (κ1) is 14.9. The Morgan fingerprint density at radius 3 is 2.68 bits per heavy atom. The maximum absolute atomic E-state index is 10.8. The first-order valence-electron chi connectivity index (χ1n) is 5.26. The SMILES string of the molecule is N#Cc1ccc([N+](=O)[O-])c(NCCCS(N)(=O)=O)c1. The third kappa shape index (κ3) is 4.90. The van der Waals surface area contributed by atoms with E-state index in [0.29, 0.717) is 0 Å². The molecule has 1 rings (SSSR count). The van der Waals surface area contributed by atoms with Gasteiger partial charge in [-0.1, -0.05) is 0 Å². The van der Waals surface area contributed by atoms with Gasteiger partial charge in [0.05, 0.1) is 22.3 Å². The van der Waals surface area contributed by atoms with Crippen LogP contribution in [0.15, 0.2) is 18.2 Å². The third-order valence-corrected chi connectivity index (χ3v) is 3.10. The second kappa shape index (κ2) is 6.12. The molecule has 0 unspecified atom stereocenters. The van der Waals surface area contributed by atoms with Crippen molar-refractivity contribution < 1.29 is 13.3 Å². The molecule has 0 atom stereocenters. The van der Waals surface area contributed by atoms with Gasteiger partial charge in [-0.3, -0.25) is 10.1 Å². The Labute approximate surface area is 110 Å². The molecule has 0 aliphatic rings. The summed E-state index contributed by atoms with van der Waals surface area (Å²) < 4.78 is 21.4. The molecule has 0 fully saturated rings. The summed E-state index contributed by atoms with van der Waals surface area (Å²) in [5.74, 6) is -0.217. The van der Waals surface area contributed by atoms with Gasteiger partial charge in [0.2, 0.25) is 10.0 Å². The van der Waals surface area contributed by atoms with Gasteiger partial charge >= 0.3 is 0 Å².